The van der Waals surface area contributed by atoms with Crippen LogP contribution in [0, 0.1) is 0 Å². The third-order valence-corrected chi connectivity index (χ3v) is 9.63. The van der Waals surface area contributed by atoms with E-state index in [0.29, 0.717) is 13.0 Å². The number of nitrogens with zero attached hydrogens (tertiary/aromatic N) is 1. The van der Waals surface area contributed by atoms with Crippen molar-refractivity contribution in [1.82, 2.24) is 4.90 Å². The first-order chi connectivity index (χ1) is 12.4. The molecule has 8 heteroatoms. The largest absolute Gasteiger partial charge is 0.445 e. The molecule has 0 aliphatic carbocycles. The topological polar surface area (TPSA) is 82.1 Å². The molecule has 0 aromatic heterocycles. The third kappa shape index (κ3) is 6.17. The van der Waals surface area contributed by atoms with E-state index in [4.69, 9.17) is 13.9 Å². The van der Waals surface area contributed by atoms with Crippen molar-refractivity contribution in [3.8, 4) is 0 Å². The summed E-state index contributed by atoms with van der Waals surface area (Å²) in [5.41, 5.74) is 0. The van der Waals surface area contributed by atoms with Gasteiger partial charge in [0.15, 0.2) is 14.4 Å². The quantitative estimate of drug-likeness (QED) is 0.281. The standard InChI is InChI=1S/C19H33NO6Si/c1-8-13-24-18(23)20-12-10-11-14(20)16(17(22)25-15(21)9-2)26-27(6,7)19(3,4)5/h8,14,16H,1,9-13H2,2-7H3/t14-,16?/m0/s1. The van der Waals surface area contributed by atoms with E-state index < -0.39 is 38.5 Å². The van der Waals surface area contributed by atoms with Crippen LogP contribution in [0.2, 0.25) is 18.1 Å². The Kier molecular flexibility index (Phi) is 8.22. The maximum atomic E-state index is 12.7. The molecule has 0 bridgehead atoms. The van der Waals surface area contributed by atoms with E-state index in [2.05, 4.69) is 27.4 Å². The molecule has 0 radical (unpaired) electrons. The summed E-state index contributed by atoms with van der Waals surface area (Å²) in [4.78, 5) is 38.3. The second-order valence-corrected chi connectivity index (χ2v) is 13.0. The Labute approximate surface area is 163 Å². The molecule has 1 fully saturated rings. The van der Waals surface area contributed by atoms with Crippen LogP contribution in [0.25, 0.3) is 0 Å². The Balaban J connectivity index is 3.11. The first-order valence-electron chi connectivity index (χ1n) is 9.41. The van der Waals surface area contributed by atoms with E-state index in [0.717, 1.165) is 6.42 Å². The van der Waals surface area contributed by atoms with Gasteiger partial charge in [-0.05, 0) is 31.0 Å². The molecular weight excluding hydrogens is 366 g/mol. The molecule has 27 heavy (non-hydrogen) atoms. The molecule has 1 heterocycles. The van der Waals surface area contributed by atoms with Gasteiger partial charge in [0.25, 0.3) is 0 Å². The molecule has 154 valence electrons. The normalized spacial score (nSPS) is 18.7. The molecule has 1 unspecified atom stereocenters. The molecule has 0 spiro atoms. The van der Waals surface area contributed by atoms with Crippen molar-refractivity contribution in [3.63, 3.8) is 0 Å². The van der Waals surface area contributed by atoms with Crippen LogP contribution in [-0.2, 0) is 23.5 Å². The SMILES string of the molecule is C=CCOC(=O)N1CCC[C@H]1C(O[Si](C)(C)C(C)(C)C)C(=O)OC(=O)CC. The molecule has 0 saturated carbocycles. The van der Waals surface area contributed by atoms with Crippen LogP contribution in [0.5, 0.6) is 0 Å². The Hall–Kier alpha value is -1.67. The first kappa shape index (κ1) is 23.4. The minimum absolute atomic E-state index is 0.0916. The highest BCUT2D eigenvalue weighted by atomic mass is 28.4. The number of carbonyl (C=O) groups excluding carboxylic acids is 3. The van der Waals surface area contributed by atoms with Crippen molar-refractivity contribution in [2.75, 3.05) is 13.2 Å². The van der Waals surface area contributed by atoms with Crippen molar-refractivity contribution >= 4 is 26.3 Å². The van der Waals surface area contributed by atoms with Gasteiger partial charge >= 0.3 is 18.0 Å². The molecule has 1 rings (SSSR count). The zero-order valence-electron chi connectivity index (χ0n) is 17.4. The van der Waals surface area contributed by atoms with Gasteiger partial charge in [-0.2, -0.15) is 0 Å². The van der Waals surface area contributed by atoms with Gasteiger partial charge in [0, 0.05) is 13.0 Å². The maximum Gasteiger partial charge on any atom is 0.410 e. The highest BCUT2D eigenvalue weighted by molar-refractivity contribution is 6.74. The predicted molar refractivity (Wildman–Crippen MR) is 105 cm³/mol. The van der Waals surface area contributed by atoms with Crippen molar-refractivity contribution in [2.24, 2.45) is 0 Å². The lowest BCUT2D eigenvalue weighted by molar-refractivity contribution is -0.166. The molecule has 0 aromatic rings. The molecule has 1 aliphatic heterocycles. The average Bonchev–Trinajstić information content (AvgIpc) is 3.05. The Morgan fingerprint density at radius 2 is 1.93 bits per heavy atom. The summed E-state index contributed by atoms with van der Waals surface area (Å²) in [6, 6.07) is -0.520. The van der Waals surface area contributed by atoms with Gasteiger partial charge in [0.2, 0.25) is 0 Å². The number of hydrogen-bond donors (Lipinski definition) is 0. The number of amides is 1. The van der Waals surface area contributed by atoms with Gasteiger partial charge in [0.05, 0.1) is 6.04 Å². The van der Waals surface area contributed by atoms with E-state index in [-0.39, 0.29) is 18.1 Å². The molecule has 0 aromatic carbocycles. The third-order valence-electron chi connectivity index (χ3n) is 5.17. The van der Waals surface area contributed by atoms with Crippen LogP contribution in [0.1, 0.15) is 47.0 Å². The molecule has 0 N–H and O–H groups in total. The van der Waals surface area contributed by atoms with Gasteiger partial charge in [-0.25, -0.2) is 9.59 Å². The molecule has 2 atom stereocenters. The number of rotatable bonds is 7. The van der Waals surface area contributed by atoms with Crippen molar-refractivity contribution < 1.29 is 28.3 Å². The fourth-order valence-electron chi connectivity index (χ4n) is 2.57. The first-order valence-corrected chi connectivity index (χ1v) is 12.3. The van der Waals surface area contributed by atoms with Crippen molar-refractivity contribution in [1.29, 1.82) is 0 Å². The minimum Gasteiger partial charge on any atom is -0.445 e. The number of ether oxygens (including phenoxy) is 2. The van der Waals surface area contributed by atoms with Crippen molar-refractivity contribution in [3.05, 3.63) is 12.7 Å². The van der Waals surface area contributed by atoms with E-state index in [1.165, 1.54) is 11.0 Å². The number of likely N-dealkylation sites (tertiary alicyclic amines) is 1. The molecule has 1 saturated heterocycles. The van der Waals surface area contributed by atoms with Crippen LogP contribution in [0.3, 0.4) is 0 Å². The highest BCUT2D eigenvalue weighted by Gasteiger charge is 2.47. The number of hydrogen-bond acceptors (Lipinski definition) is 6. The zero-order chi connectivity index (χ0) is 20.8. The molecule has 1 aliphatic rings. The summed E-state index contributed by atoms with van der Waals surface area (Å²) in [5.74, 6) is -1.34. The fraction of sp³-hybridized carbons (Fsp3) is 0.737. The summed E-state index contributed by atoms with van der Waals surface area (Å²) in [6.07, 6.45) is 1.35. The summed E-state index contributed by atoms with van der Waals surface area (Å²) in [6.45, 7) is 15.9. The van der Waals surface area contributed by atoms with Crippen LogP contribution in [0.15, 0.2) is 12.7 Å². The molecule has 7 nitrogen and oxygen atoms in total. The van der Waals surface area contributed by atoms with Gasteiger partial charge in [-0.3, -0.25) is 4.79 Å². The summed E-state index contributed by atoms with van der Waals surface area (Å²) in [5, 5.41) is -0.146. The fourth-order valence-corrected chi connectivity index (χ4v) is 3.81. The second-order valence-electron chi connectivity index (χ2n) is 8.21. The lowest BCUT2D eigenvalue weighted by atomic mass is 10.1. The minimum atomic E-state index is -2.36. The Morgan fingerprint density at radius 3 is 2.44 bits per heavy atom. The smallest absolute Gasteiger partial charge is 0.410 e. The summed E-state index contributed by atoms with van der Waals surface area (Å²) >= 11 is 0. The number of esters is 2. The lowest BCUT2D eigenvalue weighted by Crippen LogP contribution is -2.54. The Bertz CT molecular complexity index is 569. The van der Waals surface area contributed by atoms with Gasteiger partial charge < -0.3 is 18.8 Å². The predicted octanol–water partition coefficient (Wildman–Crippen LogP) is 3.64. The maximum absolute atomic E-state index is 12.7. The van der Waals surface area contributed by atoms with E-state index in [1.807, 2.05) is 13.1 Å². The van der Waals surface area contributed by atoms with E-state index in [9.17, 15) is 14.4 Å². The summed E-state index contributed by atoms with van der Waals surface area (Å²) in [7, 11) is -2.36. The highest BCUT2D eigenvalue weighted by Crippen LogP contribution is 2.39. The molecule has 1 amide bonds. The van der Waals surface area contributed by atoms with Gasteiger partial charge in [-0.1, -0.05) is 40.3 Å². The van der Waals surface area contributed by atoms with Gasteiger partial charge in [0.1, 0.15) is 6.61 Å². The zero-order valence-corrected chi connectivity index (χ0v) is 18.4. The van der Waals surface area contributed by atoms with Crippen LogP contribution >= 0.6 is 0 Å². The van der Waals surface area contributed by atoms with Crippen LogP contribution in [-0.4, -0.2) is 56.5 Å². The van der Waals surface area contributed by atoms with Crippen molar-refractivity contribution in [2.45, 2.75) is 77.2 Å². The van der Waals surface area contributed by atoms with E-state index >= 15 is 0 Å². The summed E-state index contributed by atoms with van der Waals surface area (Å²) < 4.78 is 16.4. The van der Waals surface area contributed by atoms with Crippen LogP contribution < -0.4 is 0 Å². The number of carbonyl (C=O) groups is 3. The second kappa shape index (κ2) is 9.50. The lowest BCUT2D eigenvalue weighted by Gasteiger charge is -2.41. The van der Waals surface area contributed by atoms with Gasteiger partial charge in [-0.15, -0.1) is 0 Å². The van der Waals surface area contributed by atoms with Crippen LogP contribution in [0.4, 0.5) is 4.79 Å². The molecular formula is C19H33NO6Si. The average molecular weight is 400 g/mol. The van der Waals surface area contributed by atoms with E-state index in [1.54, 1.807) is 6.92 Å². The Morgan fingerprint density at radius 1 is 1.30 bits per heavy atom. The monoisotopic (exact) mass is 399 g/mol.